The maximum absolute atomic E-state index is 12.3. The van der Waals surface area contributed by atoms with Gasteiger partial charge in [0.05, 0.1) is 11.7 Å². The molecule has 1 unspecified atom stereocenters. The number of rotatable bonds is 6. The lowest BCUT2D eigenvalue weighted by Crippen LogP contribution is -2.24. The Labute approximate surface area is 165 Å². The second kappa shape index (κ2) is 7.72. The number of benzene rings is 1. The number of nitrogens with one attached hydrogen (secondary N) is 1. The Kier molecular flexibility index (Phi) is 5.15. The summed E-state index contributed by atoms with van der Waals surface area (Å²) < 4.78 is 1.36. The fourth-order valence-corrected chi connectivity index (χ4v) is 4.63. The van der Waals surface area contributed by atoms with E-state index in [9.17, 15) is 4.79 Å². The number of aryl methyl sites for hydroxylation is 2. The summed E-state index contributed by atoms with van der Waals surface area (Å²) in [7, 11) is 0. The molecule has 1 aromatic carbocycles. The summed E-state index contributed by atoms with van der Waals surface area (Å²) in [6.45, 7) is 4.55. The molecule has 27 heavy (non-hydrogen) atoms. The normalized spacial score (nSPS) is 12.5. The SMILES string of the molecule is CCc1ccc(C(NCc2cc(=O)n3nc(C)sc3n2)c2cccs2)cc1. The maximum atomic E-state index is 12.3. The molecule has 3 aromatic heterocycles. The summed E-state index contributed by atoms with van der Waals surface area (Å²) in [5.41, 5.74) is 3.13. The average Bonchev–Trinajstić information content (AvgIpc) is 3.32. The maximum Gasteiger partial charge on any atom is 0.275 e. The van der Waals surface area contributed by atoms with Gasteiger partial charge >= 0.3 is 0 Å². The van der Waals surface area contributed by atoms with Crippen LogP contribution in [0.15, 0.2) is 52.6 Å². The number of nitrogens with zero attached hydrogens (tertiary/aromatic N) is 3. The number of fused-ring (bicyclic) bond motifs is 1. The van der Waals surface area contributed by atoms with Crippen LogP contribution in [0.5, 0.6) is 0 Å². The largest absolute Gasteiger partial charge is 0.300 e. The molecule has 5 nitrogen and oxygen atoms in total. The van der Waals surface area contributed by atoms with Crippen molar-refractivity contribution < 1.29 is 0 Å². The molecule has 138 valence electrons. The summed E-state index contributed by atoms with van der Waals surface area (Å²) in [5.74, 6) is 0. The molecule has 0 saturated carbocycles. The van der Waals surface area contributed by atoms with Gasteiger partial charge in [-0.2, -0.15) is 9.61 Å². The van der Waals surface area contributed by atoms with Crippen LogP contribution in [0.3, 0.4) is 0 Å². The highest BCUT2D eigenvalue weighted by Gasteiger charge is 2.16. The average molecular weight is 397 g/mol. The molecule has 4 aromatic rings. The first-order chi connectivity index (χ1) is 13.1. The van der Waals surface area contributed by atoms with Crippen molar-refractivity contribution in [1.82, 2.24) is 19.9 Å². The summed E-state index contributed by atoms with van der Waals surface area (Å²) in [6, 6.07) is 14.5. The topological polar surface area (TPSA) is 59.3 Å². The lowest BCUT2D eigenvalue weighted by molar-refractivity contribution is 0.603. The van der Waals surface area contributed by atoms with Crippen LogP contribution in [0, 0.1) is 6.92 Å². The van der Waals surface area contributed by atoms with Gasteiger partial charge in [0, 0.05) is 17.5 Å². The molecule has 7 heteroatoms. The molecule has 0 aliphatic heterocycles. The van der Waals surface area contributed by atoms with Crippen molar-refractivity contribution in [3.63, 3.8) is 0 Å². The van der Waals surface area contributed by atoms with Crippen molar-refractivity contribution >= 4 is 27.6 Å². The van der Waals surface area contributed by atoms with E-state index in [-0.39, 0.29) is 11.6 Å². The van der Waals surface area contributed by atoms with E-state index < -0.39 is 0 Å². The van der Waals surface area contributed by atoms with Gasteiger partial charge in [0.15, 0.2) is 0 Å². The quantitative estimate of drug-likeness (QED) is 0.536. The second-order valence-electron chi connectivity index (χ2n) is 6.33. The predicted molar refractivity (Wildman–Crippen MR) is 111 cm³/mol. The van der Waals surface area contributed by atoms with Crippen LogP contribution in [0.2, 0.25) is 0 Å². The predicted octanol–water partition coefficient (Wildman–Crippen LogP) is 3.96. The van der Waals surface area contributed by atoms with E-state index in [4.69, 9.17) is 0 Å². The summed E-state index contributed by atoms with van der Waals surface area (Å²) in [5, 5.41) is 10.7. The van der Waals surface area contributed by atoms with Gasteiger partial charge in [0.1, 0.15) is 5.01 Å². The highest BCUT2D eigenvalue weighted by atomic mass is 32.1. The van der Waals surface area contributed by atoms with E-state index >= 15 is 0 Å². The van der Waals surface area contributed by atoms with E-state index in [2.05, 4.69) is 64.1 Å². The molecule has 0 spiro atoms. The first kappa shape index (κ1) is 18.0. The summed E-state index contributed by atoms with van der Waals surface area (Å²) in [4.78, 5) is 18.7. The van der Waals surface area contributed by atoms with Crippen LogP contribution in [0.4, 0.5) is 0 Å². The lowest BCUT2D eigenvalue weighted by atomic mass is 10.0. The second-order valence-corrected chi connectivity index (χ2v) is 8.47. The minimum absolute atomic E-state index is 0.0688. The Bertz CT molecular complexity index is 1100. The molecular formula is C20H20N4OS2. The highest BCUT2D eigenvalue weighted by Crippen LogP contribution is 2.26. The van der Waals surface area contributed by atoms with Crippen molar-refractivity contribution in [1.29, 1.82) is 0 Å². The van der Waals surface area contributed by atoms with E-state index in [1.807, 2.05) is 6.92 Å². The van der Waals surface area contributed by atoms with Crippen LogP contribution in [-0.4, -0.2) is 14.6 Å². The first-order valence-corrected chi connectivity index (χ1v) is 10.6. The molecule has 0 fully saturated rings. The third-order valence-corrected chi connectivity index (χ3v) is 6.20. The standard InChI is InChI=1S/C20H20N4OS2/c1-3-14-6-8-15(9-7-14)19(17-5-4-10-26-17)21-12-16-11-18(25)24-20(22-16)27-13(2)23-24/h4-11,19,21H,3,12H2,1-2H3. The molecule has 1 N–H and O–H groups in total. The molecule has 0 aliphatic carbocycles. The third-order valence-electron chi connectivity index (χ3n) is 4.44. The summed E-state index contributed by atoms with van der Waals surface area (Å²) in [6.07, 6.45) is 1.03. The van der Waals surface area contributed by atoms with E-state index in [1.54, 1.807) is 17.4 Å². The van der Waals surface area contributed by atoms with Crippen molar-refractivity contribution in [3.8, 4) is 0 Å². The Morgan fingerprint density at radius 2 is 2.04 bits per heavy atom. The fourth-order valence-electron chi connectivity index (χ4n) is 3.03. The molecule has 0 bridgehead atoms. The zero-order valence-electron chi connectivity index (χ0n) is 15.2. The Hall–Kier alpha value is -2.35. The molecule has 0 aliphatic rings. The zero-order valence-corrected chi connectivity index (χ0v) is 16.8. The highest BCUT2D eigenvalue weighted by molar-refractivity contribution is 7.16. The van der Waals surface area contributed by atoms with Crippen LogP contribution < -0.4 is 10.9 Å². The van der Waals surface area contributed by atoms with Crippen LogP contribution in [0.1, 0.15) is 39.7 Å². The molecule has 0 radical (unpaired) electrons. The molecule has 0 amide bonds. The number of aromatic nitrogens is 3. The van der Waals surface area contributed by atoms with Gasteiger partial charge in [-0.25, -0.2) is 4.98 Å². The van der Waals surface area contributed by atoms with Gasteiger partial charge in [0.25, 0.3) is 5.56 Å². The Morgan fingerprint density at radius 3 is 2.74 bits per heavy atom. The molecule has 3 heterocycles. The van der Waals surface area contributed by atoms with E-state index in [0.717, 1.165) is 17.1 Å². The van der Waals surface area contributed by atoms with Crippen molar-refractivity contribution in [2.24, 2.45) is 0 Å². The van der Waals surface area contributed by atoms with Crippen LogP contribution in [0.25, 0.3) is 4.96 Å². The van der Waals surface area contributed by atoms with Crippen LogP contribution >= 0.6 is 22.7 Å². The number of thiophene rings is 1. The number of hydrogen-bond donors (Lipinski definition) is 1. The molecular weight excluding hydrogens is 376 g/mol. The van der Waals surface area contributed by atoms with Gasteiger partial charge in [-0.05, 0) is 35.9 Å². The van der Waals surface area contributed by atoms with Crippen molar-refractivity contribution in [2.45, 2.75) is 32.9 Å². The monoisotopic (exact) mass is 396 g/mol. The summed E-state index contributed by atoms with van der Waals surface area (Å²) >= 11 is 3.15. The Balaban J connectivity index is 1.61. The van der Waals surface area contributed by atoms with Crippen molar-refractivity contribution in [2.75, 3.05) is 0 Å². The Morgan fingerprint density at radius 1 is 1.22 bits per heavy atom. The molecule has 4 rings (SSSR count). The lowest BCUT2D eigenvalue weighted by Gasteiger charge is -2.18. The van der Waals surface area contributed by atoms with Gasteiger partial charge in [-0.1, -0.05) is 48.6 Å². The minimum atomic E-state index is -0.138. The van der Waals surface area contributed by atoms with Gasteiger partial charge in [-0.15, -0.1) is 11.3 Å². The fraction of sp³-hybridized carbons (Fsp3) is 0.250. The van der Waals surface area contributed by atoms with Gasteiger partial charge in [-0.3, -0.25) is 10.1 Å². The van der Waals surface area contributed by atoms with E-state index in [1.165, 1.54) is 31.9 Å². The molecule has 1 atom stereocenters. The smallest absolute Gasteiger partial charge is 0.275 e. The first-order valence-electron chi connectivity index (χ1n) is 8.86. The van der Waals surface area contributed by atoms with Crippen molar-refractivity contribution in [3.05, 3.63) is 84.9 Å². The molecule has 0 saturated heterocycles. The van der Waals surface area contributed by atoms with Gasteiger partial charge < -0.3 is 0 Å². The minimum Gasteiger partial charge on any atom is -0.300 e. The van der Waals surface area contributed by atoms with Gasteiger partial charge in [0.2, 0.25) is 4.96 Å². The van der Waals surface area contributed by atoms with Crippen LogP contribution in [-0.2, 0) is 13.0 Å². The third kappa shape index (κ3) is 3.85. The zero-order chi connectivity index (χ0) is 18.8. The van der Waals surface area contributed by atoms with E-state index in [0.29, 0.717) is 11.5 Å². The number of hydrogen-bond acceptors (Lipinski definition) is 6.